The van der Waals surface area contributed by atoms with E-state index in [4.69, 9.17) is 10.5 Å². The van der Waals surface area contributed by atoms with Crippen molar-refractivity contribution in [3.63, 3.8) is 0 Å². The number of amides is 1. The lowest BCUT2D eigenvalue weighted by molar-refractivity contribution is -0.0461. The van der Waals surface area contributed by atoms with Gasteiger partial charge in [0.15, 0.2) is 5.75 Å². The molecular formula is C15H21N3O3. The molecule has 6 nitrogen and oxygen atoms in total. The number of nitrogens with one attached hydrogen (secondary N) is 1. The zero-order chi connectivity index (χ0) is 14.8. The summed E-state index contributed by atoms with van der Waals surface area (Å²) in [5.74, 6) is -0.494. The van der Waals surface area contributed by atoms with Crippen molar-refractivity contribution in [1.29, 1.82) is 0 Å². The van der Waals surface area contributed by atoms with Gasteiger partial charge in [0.1, 0.15) is 0 Å². The Morgan fingerprint density at radius 3 is 3.24 bits per heavy atom. The highest BCUT2D eigenvalue weighted by molar-refractivity contribution is 5.98. The number of hydrogen-bond donors (Lipinski definition) is 3. The quantitative estimate of drug-likeness (QED) is 0.560. The van der Waals surface area contributed by atoms with Gasteiger partial charge < -0.3 is 20.9 Å². The first-order valence-corrected chi connectivity index (χ1v) is 7.36. The van der Waals surface area contributed by atoms with Crippen molar-refractivity contribution in [2.45, 2.75) is 25.0 Å². The molecule has 0 aromatic heterocycles. The molecule has 1 aromatic rings. The van der Waals surface area contributed by atoms with Crippen LogP contribution in [0, 0.1) is 0 Å². The van der Waals surface area contributed by atoms with E-state index in [0.717, 1.165) is 19.7 Å². The van der Waals surface area contributed by atoms with Crippen LogP contribution in [0.1, 0.15) is 23.2 Å². The molecule has 0 radical (unpaired) electrons. The van der Waals surface area contributed by atoms with Crippen LogP contribution in [0.25, 0.3) is 0 Å². The van der Waals surface area contributed by atoms with Crippen molar-refractivity contribution in [1.82, 2.24) is 10.2 Å². The number of fused-ring (bicyclic) bond motifs is 1. The van der Waals surface area contributed by atoms with Gasteiger partial charge in [0.05, 0.1) is 24.0 Å². The maximum Gasteiger partial charge on any atom is 0.255 e. The summed E-state index contributed by atoms with van der Waals surface area (Å²) in [7, 11) is 0. The molecule has 3 rings (SSSR count). The van der Waals surface area contributed by atoms with Gasteiger partial charge in [0.2, 0.25) is 0 Å². The number of nitrogens with zero attached hydrogens (tertiary/aromatic N) is 1. The third-order valence-corrected chi connectivity index (χ3v) is 4.26. The number of nitrogen functional groups attached to an aromatic ring is 1. The lowest BCUT2D eigenvalue weighted by Crippen LogP contribution is -2.50. The second-order valence-electron chi connectivity index (χ2n) is 5.70. The minimum Gasteiger partial charge on any atom is -0.505 e. The van der Waals surface area contributed by atoms with Crippen molar-refractivity contribution in [2.75, 3.05) is 32.0 Å². The number of morpholine rings is 1. The Hall–Kier alpha value is -1.79. The van der Waals surface area contributed by atoms with Gasteiger partial charge in [-0.05, 0) is 31.5 Å². The second kappa shape index (κ2) is 5.91. The Kier molecular flexibility index (Phi) is 3.98. The van der Waals surface area contributed by atoms with Crippen LogP contribution >= 0.6 is 0 Å². The predicted molar refractivity (Wildman–Crippen MR) is 79.2 cm³/mol. The molecule has 2 unspecified atom stereocenters. The minimum absolute atomic E-state index is 0.00602. The summed E-state index contributed by atoms with van der Waals surface area (Å²) in [6, 6.07) is 5.31. The molecule has 6 heteroatoms. The second-order valence-corrected chi connectivity index (χ2v) is 5.70. The standard InChI is InChI=1S/C15H21N3O3/c16-13-5-1-4-12(14(13)19)15(20)17-7-11-8-18-6-2-3-10(18)9-21-11/h1,4-5,10-11,19H,2-3,6-9,16H2,(H,17,20). The van der Waals surface area contributed by atoms with Crippen LogP contribution in [0.3, 0.4) is 0 Å². The summed E-state index contributed by atoms with van der Waals surface area (Å²) in [6.07, 6.45) is 2.44. The van der Waals surface area contributed by atoms with E-state index >= 15 is 0 Å². The molecule has 2 atom stereocenters. The molecular weight excluding hydrogens is 270 g/mol. The smallest absolute Gasteiger partial charge is 0.255 e. The van der Waals surface area contributed by atoms with Crippen LogP contribution in [-0.2, 0) is 4.74 Å². The number of nitrogens with two attached hydrogens (primary N) is 1. The third kappa shape index (κ3) is 2.96. The Balaban J connectivity index is 1.55. The first-order valence-electron chi connectivity index (χ1n) is 7.36. The van der Waals surface area contributed by atoms with Gasteiger partial charge in [-0.2, -0.15) is 0 Å². The molecule has 2 fully saturated rings. The van der Waals surface area contributed by atoms with Crippen LogP contribution in [0.5, 0.6) is 5.75 Å². The summed E-state index contributed by atoms with van der Waals surface area (Å²) >= 11 is 0. The maximum absolute atomic E-state index is 12.1. The Morgan fingerprint density at radius 1 is 1.52 bits per heavy atom. The molecule has 0 bridgehead atoms. The van der Waals surface area contributed by atoms with E-state index in [1.54, 1.807) is 18.2 Å². The largest absolute Gasteiger partial charge is 0.505 e. The molecule has 0 saturated carbocycles. The molecule has 0 aliphatic carbocycles. The number of benzene rings is 1. The van der Waals surface area contributed by atoms with E-state index in [-0.39, 0.29) is 29.0 Å². The SMILES string of the molecule is Nc1cccc(C(=O)NCC2CN3CCCC3CO2)c1O. The maximum atomic E-state index is 12.1. The summed E-state index contributed by atoms with van der Waals surface area (Å²) < 4.78 is 5.79. The highest BCUT2D eigenvalue weighted by Crippen LogP contribution is 2.25. The Bertz CT molecular complexity index is 535. The third-order valence-electron chi connectivity index (χ3n) is 4.26. The topological polar surface area (TPSA) is 87.8 Å². The molecule has 2 saturated heterocycles. The number of carbonyl (C=O) groups excluding carboxylic acids is 1. The van der Waals surface area contributed by atoms with Crippen LogP contribution in [0.4, 0.5) is 5.69 Å². The number of phenols is 1. The van der Waals surface area contributed by atoms with E-state index in [9.17, 15) is 9.90 Å². The lowest BCUT2D eigenvalue weighted by atomic mass is 10.1. The fourth-order valence-electron chi connectivity index (χ4n) is 3.06. The normalized spacial score (nSPS) is 25.5. The Morgan fingerprint density at radius 2 is 2.38 bits per heavy atom. The van der Waals surface area contributed by atoms with Crippen LogP contribution in [-0.4, -0.2) is 54.3 Å². The minimum atomic E-state index is -0.327. The molecule has 4 N–H and O–H groups in total. The monoisotopic (exact) mass is 291 g/mol. The number of ether oxygens (including phenoxy) is 1. The van der Waals surface area contributed by atoms with E-state index < -0.39 is 0 Å². The molecule has 0 spiro atoms. The number of aromatic hydroxyl groups is 1. The average Bonchev–Trinajstić information content (AvgIpc) is 2.95. The summed E-state index contributed by atoms with van der Waals surface area (Å²) in [6.45, 7) is 3.16. The number of hydrogen-bond acceptors (Lipinski definition) is 5. The van der Waals surface area contributed by atoms with Crippen LogP contribution in [0.15, 0.2) is 18.2 Å². The van der Waals surface area contributed by atoms with E-state index in [1.807, 2.05) is 0 Å². The van der Waals surface area contributed by atoms with Gasteiger partial charge in [-0.25, -0.2) is 0 Å². The van der Waals surface area contributed by atoms with Gasteiger partial charge in [-0.15, -0.1) is 0 Å². The summed E-state index contributed by atoms with van der Waals surface area (Å²) in [5, 5.41) is 12.6. The molecule has 21 heavy (non-hydrogen) atoms. The molecule has 1 aromatic carbocycles. The summed E-state index contributed by atoms with van der Waals surface area (Å²) in [5.41, 5.74) is 6.00. The zero-order valence-electron chi connectivity index (χ0n) is 11.9. The molecule has 2 aliphatic rings. The van der Waals surface area contributed by atoms with Gasteiger partial charge in [-0.3, -0.25) is 9.69 Å². The Labute approximate surface area is 123 Å². The van der Waals surface area contributed by atoms with Crippen molar-refractivity contribution in [3.8, 4) is 5.75 Å². The number of anilines is 1. The number of para-hydroxylation sites is 1. The predicted octanol–water partition coefficient (Wildman–Crippen LogP) is 0.567. The average molecular weight is 291 g/mol. The number of rotatable bonds is 3. The number of phenolic OH excluding ortho intramolecular Hbond substituents is 1. The first kappa shape index (κ1) is 14.2. The highest BCUT2D eigenvalue weighted by Gasteiger charge is 2.32. The number of carbonyl (C=O) groups is 1. The highest BCUT2D eigenvalue weighted by atomic mass is 16.5. The van der Waals surface area contributed by atoms with Crippen LogP contribution in [0.2, 0.25) is 0 Å². The van der Waals surface area contributed by atoms with Crippen molar-refractivity contribution in [2.24, 2.45) is 0 Å². The van der Waals surface area contributed by atoms with Gasteiger partial charge in [0, 0.05) is 19.1 Å². The summed E-state index contributed by atoms with van der Waals surface area (Å²) in [4.78, 5) is 14.5. The van der Waals surface area contributed by atoms with E-state index in [0.29, 0.717) is 12.6 Å². The molecule has 114 valence electrons. The van der Waals surface area contributed by atoms with Gasteiger partial charge in [0.25, 0.3) is 5.91 Å². The van der Waals surface area contributed by atoms with Crippen molar-refractivity contribution < 1.29 is 14.6 Å². The molecule has 2 heterocycles. The lowest BCUT2D eigenvalue weighted by Gasteiger charge is -2.35. The molecule has 1 amide bonds. The van der Waals surface area contributed by atoms with Crippen molar-refractivity contribution in [3.05, 3.63) is 23.8 Å². The van der Waals surface area contributed by atoms with Crippen molar-refractivity contribution >= 4 is 11.6 Å². The molecule has 2 aliphatic heterocycles. The van der Waals surface area contributed by atoms with Crippen LogP contribution < -0.4 is 11.1 Å². The fourth-order valence-corrected chi connectivity index (χ4v) is 3.06. The van der Waals surface area contributed by atoms with Gasteiger partial charge in [-0.1, -0.05) is 6.07 Å². The zero-order valence-corrected chi connectivity index (χ0v) is 11.9. The first-order chi connectivity index (χ1) is 10.1. The van der Waals surface area contributed by atoms with E-state index in [1.165, 1.54) is 12.8 Å². The van der Waals surface area contributed by atoms with Gasteiger partial charge >= 0.3 is 0 Å². The van der Waals surface area contributed by atoms with E-state index in [2.05, 4.69) is 10.2 Å². The fraction of sp³-hybridized carbons (Fsp3) is 0.533.